The number of β-lactam (4-membered cyclic amide) rings is 1. The van der Waals surface area contributed by atoms with Crippen molar-refractivity contribution >= 4 is 45.2 Å². The Hall–Kier alpha value is -1.90. The van der Waals surface area contributed by atoms with Gasteiger partial charge in [0.25, 0.3) is 0 Å². The van der Waals surface area contributed by atoms with E-state index >= 15 is 0 Å². The van der Waals surface area contributed by atoms with Gasteiger partial charge in [0, 0.05) is 11.7 Å². The van der Waals surface area contributed by atoms with Crippen LogP contribution in [0.2, 0.25) is 0 Å². The molecule has 1 amide bonds. The third-order valence-corrected chi connectivity index (χ3v) is 8.77. The van der Waals surface area contributed by atoms with Gasteiger partial charge in [-0.05, 0) is 43.4 Å². The number of hydrogen-bond acceptors (Lipinski definition) is 6. The first kappa shape index (κ1) is 19.1. The Morgan fingerprint density at radius 3 is 2.90 bits per heavy atom. The summed E-state index contributed by atoms with van der Waals surface area (Å²) in [5.41, 5.74) is 2.08. The Kier molecular flexibility index (Phi) is 4.68. The number of aliphatic hydroxyl groups is 1. The summed E-state index contributed by atoms with van der Waals surface area (Å²) in [5.74, 6) is -0.833. The number of carboxylic acids is 1. The number of carbonyl (C=O) groups is 2. The molecule has 29 heavy (non-hydrogen) atoms. The fourth-order valence-electron chi connectivity index (χ4n) is 5.26. The molecule has 3 heterocycles. The molecule has 1 saturated heterocycles. The van der Waals surface area contributed by atoms with Crippen LogP contribution in [-0.2, 0) is 9.59 Å². The quantitative estimate of drug-likeness (QED) is 0.558. The van der Waals surface area contributed by atoms with Crippen LogP contribution in [0.15, 0.2) is 39.9 Å². The lowest BCUT2D eigenvalue weighted by atomic mass is 9.70. The number of carboxylic acid groups (broad SMARTS) is 1. The minimum atomic E-state index is -1.03. The van der Waals surface area contributed by atoms with Crippen molar-refractivity contribution in [1.29, 1.82) is 0 Å². The first-order chi connectivity index (χ1) is 14.0. The highest BCUT2D eigenvalue weighted by molar-refractivity contribution is 8.01. The molecule has 8 heteroatoms. The fraction of sp³-hybridized carbons (Fsp3) is 0.476. The summed E-state index contributed by atoms with van der Waals surface area (Å²) >= 11 is 3.33. The van der Waals surface area contributed by atoms with Crippen molar-refractivity contribution in [2.45, 2.75) is 42.7 Å². The molecular weight excluding hydrogens is 408 g/mol. The number of fused-ring (bicyclic) bond motifs is 4. The summed E-state index contributed by atoms with van der Waals surface area (Å²) in [6.07, 6.45) is 2.06. The number of nitrogens with zero attached hydrogens (tertiary/aromatic N) is 2. The summed E-state index contributed by atoms with van der Waals surface area (Å²) in [6.45, 7) is 1.63. The van der Waals surface area contributed by atoms with Crippen molar-refractivity contribution in [1.82, 2.24) is 9.88 Å². The van der Waals surface area contributed by atoms with Gasteiger partial charge in [-0.1, -0.05) is 30.3 Å². The topological polar surface area (TPSA) is 90.7 Å². The highest BCUT2D eigenvalue weighted by atomic mass is 32.2. The summed E-state index contributed by atoms with van der Waals surface area (Å²) in [6, 6.07) is 7.84. The van der Waals surface area contributed by atoms with E-state index in [1.54, 1.807) is 30.0 Å². The molecule has 2 aliphatic heterocycles. The molecule has 1 aromatic carbocycles. The van der Waals surface area contributed by atoms with Crippen LogP contribution in [0.4, 0.5) is 0 Å². The molecule has 1 aliphatic carbocycles. The molecule has 0 radical (unpaired) electrons. The van der Waals surface area contributed by atoms with Crippen LogP contribution in [0, 0.1) is 17.8 Å². The number of aliphatic carboxylic acids is 1. The van der Waals surface area contributed by atoms with Crippen molar-refractivity contribution < 1.29 is 19.8 Å². The zero-order valence-electron chi connectivity index (χ0n) is 15.9. The van der Waals surface area contributed by atoms with E-state index in [0.29, 0.717) is 0 Å². The third-order valence-electron chi connectivity index (χ3n) is 6.43. The molecule has 5 rings (SSSR count). The molecule has 0 spiro atoms. The number of benzene rings is 1. The van der Waals surface area contributed by atoms with Crippen LogP contribution >= 0.6 is 23.1 Å². The minimum Gasteiger partial charge on any atom is -0.477 e. The van der Waals surface area contributed by atoms with Gasteiger partial charge in [-0.25, -0.2) is 9.78 Å². The first-order valence-electron chi connectivity index (χ1n) is 9.94. The number of hydrogen-bond donors (Lipinski definition) is 2. The van der Waals surface area contributed by atoms with E-state index in [2.05, 4.69) is 11.1 Å². The second-order valence-electron chi connectivity index (χ2n) is 8.07. The molecular formula is C21H22N2O4S2. The van der Waals surface area contributed by atoms with Crippen LogP contribution in [0.5, 0.6) is 0 Å². The van der Waals surface area contributed by atoms with Crippen LogP contribution in [0.25, 0.3) is 10.2 Å². The summed E-state index contributed by atoms with van der Waals surface area (Å²) < 4.78 is 2.14. The van der Waals surface area contributed by atoms with Gasteiger partial charge in [-0.2, -0.15) is 0 Å². The SMILES string of the molecule is C[C@@H](O)[C@H]1C(=O)N2C(C(=O)O)=C3[C@@H](CSc4nc5ccccc5s4)CCC[C@@H]3[C@H]12. The second-order valence-corrected chi connectivity index (χ2v) is 10.4. The smallest absolute Gasteiger partial charge is 0.352 e. The molecule has 5 atom stereocenters. The Morgan fingerprint density at radius 2 is 2.17 bits per heavy atom. The van der Waals surface area contributed by atoms with Crippen LogP contribution < -0.4 is 0 Å². The number of thioether (sulfide) groups is 1. The molecule has 2 fully saturated rings. The number of thiazole rings is 1. The maximum atomic E-state index is 12.6. The fourth-order valence-corrected chi connectivity index (χ4v) is 7.52. The Bertz CT molecular complexity index is 998. The molecule has 2 aromatic rings. The summed E-state index contributed by atoms with van der Waals surface area (Å²) in [4.78, 5) is 30.8. The summed E-state index contributed by atoms with van der Waals surface area (Å²) in [7, 11) is 0. The lowest BCUT2D eigenvalue weighted by Crippen LogP contribution is -2.64. The van der Waals surface area contributed by atoms with Gasteiger partial charge in [-0.3, -0.25) is 4.79 Å². The number of amides is 1. The van der Waals surface area contributed by atoms with Crippen molar-refractivity contribution in [2.24, 2.45) is 17.8 Å². The van der Waals surface area contributed by atoms with E-state index in [4.69, 9.17) is 0 Å². The predicted octanol–water partition coefficient (Wildman–Crippen LogP) is 3.36. The normalized spacial score (nSPS) is 29.6. The Morgan fingerprint density at radius 1 is 1.38 bits per heavy atom. The average Bonchev–Trinajstić information content (AvgIpc) is 3.23. The van der Waals surface area contributed by atoms with Crippen LogP contribution in [0.1, 0.15) is 26.2 Å². The average molecular weight is 431 g/mol. The first-order valence-corrected chi connectivity index (χ1v) is 11.7. The number of aliphatic hydroxyl groups excluding tert-OH is 1. The van der Waals surface area contributed by atoms with E-state index in [1.807, 2.05) is 18.2 Å². The zero-order valence-corrected chi connectivity index (χ0v) is 17.6. The van der Waals surface area contributed by atoms with Gasteiger partial charge < -0.3 is 15.1 Å². The Labute approximate surface area is 176 Å². The second kappa shape index (κ2) is 7.11. The van der Waals surface area contributed by atoms with Gasteiger partial charge in [-0.15, -0.1) is 11.3 Å². The van der Waals surface area contributed by atoms with E-state index in [1.165, 1.54) is 4.90 Å². The van der Waals surface area contributed by atoms with E-state index in [9.17, 15) is 19.8 Å². The van der Waals surface area contributed by atoms with Gasteiger partial charge in [0.1, 0.15) is 5.70 Å². The highest BCUT2D eigenvalue weighted by Gasteiger charge is 2.62. The number of carbonyl (C=O) groups excluding carboxylic acids is 1. The molecule has 152 valence electrons. The van der Waals surface area contributed by atoms with Gasteiger partial charge in [0.15, 0.2) is 4.34 Å². The lowest BCUT2D eigenvalue weighted by Gasteiger charge is -2.47. The van der Waals surface area contributed by atoms with Gasteiger partial charge >= 0.3 is 5.97 Å². The molecule has 1 aromatic heterocycles. The van der Waals surface area contributed by atoms with Crippen molar-refractivity contribution in [3.05, 3.63) is 35.5 Å². The van der Waals surface area contributed by atoms with E-state index < -0.39 is 18.0 Å². The zero-order chi connectivity index (χ0) is 20.3. The molecule has 0 bridgehead atoms. The van der Waals surface area contributed by atoms with Crippen molar-refractivity contribution in [2.75, 3.05) is 5.75 Å². The number of rotatable bonds is 5. The van der Waals surface area contributed by atoms with Crippen molar-refractivity contribution in [3.63, 3.8) is 0 Å². The molecule has 0 unspecified atom stereocenters. The largest absolute Gasteiger partial charge is 0.477 e. The minimum absolute atomic E-state index is 0.0492. The van der Waals surface area contributed by atoms with Gasteiger partial charge in [0.2, 0.25) is 5.91 Å². The van der Waals surface area contributed by atoms with Gasteiger partial charge in [0.05, 0.1) is 28.3 Å². The lowest BCUT2D eigenvalue weighted by molar-refractivity contribution is -0.163. The van der Waals surface area contributed by atoms with E-state index in [-0.39, 0.29) is 29.5 Å². The predicted molar refractivity (Wildman–Crippen MR) is 112 cm³/mol. The third kappa shape index (κ3) is 2.92. The maximum Gasteiger partial charge on any atom is 0.352 e. The van der Waals surface area contributed by atoms with E-state index in [0.717, 1.165) is 45.1 Å². The molecule has 1 saturated carbocycles. The monoisotopic (exact) mass is 430 g/mol. The van der Waals surface area contributed by atoms with Crippen LogP contribution in [-0.4, -0.2) is 49.9 Å². The Balaban J connectivity index is 1.42. The highest BCUT2D eigenvalue weighted by Crippen LogP contribution is 2.54. The maximum absolute atomic E-state index is 12.6. The number of para-hydroxylation sites is 1. The molecule has 6 nitrogen and oxygen atoms in total. The van der Waals surface area contributed by atoms with Crippen LogP contribution in [0.3, 0.4) is 0 Å². The standard InChI is InChI=1S/C21H22N2O4S2/c1-10(24)15-17-12-6-4-5-11(16(12)18(20(26)27)23(17)19(15)25)9-28-21-22-13-7-2-3-8-14(13)29-21/h2-3,7-8,10-12,15,17,24H,4-6,9H2,1H3,(H,26,27)/t10-,11-,12+,15-,17-/m1/s1. The molecule has 3 aliphatic rings. The van der Waals surface area contributed by atoms with Crippen molar-refractivity contribution in [3.8, 4) is 0 Å². The summed E-state index contributed by atoms with van der Waals surface area (Å²) in [5, 5.41) is 20.0. The molecule has 2 N–H and O–H groups in total. The number of aromatic nitrogens is 1.